The molecule has 0 aliphatic rings. The fraction of sp³-hybridized carbons (Fsp3) is 0.417. The molecule has 156 valence electrons. The number of aryl methyl sites for hydroxylation is 2. The molecule has 2 aromatic rings. The Morgan fingerprint density at radius 3 is 2.07 bits per heavy atom. The molecule has 0 atom stereocenters. The fourth-order valence-electron chi connectivity index (χ4n) is 3.54. The first kappa shape index (κ1) is 22.9. The predicted molar refractivity (Wildman–Crippen MR) is 120 cm³/mol. The quantitative estimate of drug-likeness (QED) is 0.561. The molecule has 2 rings (SSSR count). The molecule has 0 bridgehead atoms. The van der Waals surface area contributed by atoms with Crippen LogP contribution < -0.4 is 5.19 Å². The maximum atomic E-state index is 13.2. The summed E-state index contributed by atoms with van der Waals surface area (Å²) < 4.78 is 5.71. The van der Waals surface area contributed by atoms with Crippen molar-refractivity contribution in [1.82, 2.24) is 0 Å². The van der Waals surface area contributed by atoms with Crippen LogP contribution in [-0.4, -0.2) is 31.4 Å². The van der Waals surface area contributed by atoms with Crippen molar-refractivity contribution in [1.29, 1.82) is 0 Å². The van der Waals surface area contributed by atoms with E-state index in [0.29, 0.717) is 17.2 Å². The normalized spacial score (nSPS) is 11.6. The lowest BCUT2D eigenvalue weighted by atomic mass is 9.92. The van der Waals surface area contributed by atoms with Crippen molar-refractivity contribution in [3.8, 4) is 0 Å². The number of hydrogen-bond donors (Lipinski definition) is 1. The van der Waals surface area contributed by atoms with E-state index in [1.807, 2.05) is 40.8 Å². The summed E-state index contributed by atoms with van der Waals surface area (Å²) in [6.45, 7) is 13.6. The molecule has 0 aromatic heterocycles. The second-order valence-corrected chi connectivity index (χ2v) is 11.7. The molecule has 0 saturated carbocycles. The molecule has 0 aliphatic heterocycles. The van der Waals surface area contributed by atoms with Gasteiger partial charge < -0.3 is 9.84 Å². The second kappa shape index (κ2) is 8.95. The zero-order valence-corrected chi connectivity index (χ0v) is 19.7. The van der Waals surface area contributed by atoms with Gasteiger partial charge in [0.2, 0.25) is 0 Å². The van der Waals surface area contributed by atoms with Gasteiger partial charge in [-0.25, -0.2) is 9.59 Å². The number of carbonyl (C=O) groups is 2. The fourth-order valence-corrected chi connectivity index (χ4v) is 5.24. The summed E-state index contributed by atoms with van der Waals surface area (Å²) in [5, 5.41) is 10.5. The molecule has 0 amide bonds. The zero-order valence-electron chi connectivity index (χ0n) is 18.6. The van der Waals surface area contributed by atoms with E-state index in [4.69, 9.17) is 4.74 Å². The van der Waals surface area contributed by atoms with Crippen molar-refractivity contribution < 1.29 is 19.4 Å². The number of aromatic carboxylic acids is 1. The van der Waals surface area contributed by atoms with Crippen LogP contribution >= 0.6 is 0 Å². The van der Waals surface area contributed by atoms with Gasteiger partial charge in [-0.1, -0.05) is 44.3 Å². The number of ether oxygens (including phenoxy) is 1. The summed E-state index contributed by atoms with van der Waals surface area (Å²) in [6.07, 6.45) is 1.54. The number of esters is 1. The molecule has 0 radical (unpaired) electrons. The van der Waals surface area contributed by atoms with Crippen LogP contribution in [0.5, 0.6) is 0 Å². The van der Waals surface area contributed by atoms with Gasteiger partial charge in [-0.15, -0.1) is 0 Å². The number of carboxylic acid groups (broad SMARTS) is 1. The highest BCUT2D eigenvalue weighted by Crippen LogP contribution is 2.24. The minimum absolute atomic E-state index is 0.232. The van der Waals surface area contributed by atoms with E-state index in [0.717, 1.165) is 23.1 Å². The summed E-state index contributed by atoms with van der Waals surface area (Å²) in [6, 6.07) is 10.1. The monoisotopic (exact) mass is 412 g/mol. The third kappa shape index (κ3) is 5.57. The molecule has 29 heavy (non-hydrogen) atoms. The van der Waals surface area contributed by atoms with Gasteiger partial charge in [0.05, 0.1) is 19.9 Å². The lowest BCUT2D eigenvalue weighted by Crippen LogP contribution is -2.38. The van der Waals surface area contributed by atoms with E-state index < -0.39 is 26.3 Å². The highest BCUT2D eigenvalue weighted by molar-refractivity contribution is 6.73. The van der Waals surface area contributed by atoms with E-state index in [9.17, 15) is 14.7 Å². The smallest absolute Gasteiger partial charge is 0.338 e. The molecule has 1 N–H and O–H groups in total. The Morgan fingerprint density at radius 2 is 1.62 bits per heavy atom. The van der Waals surface area contributed by atoms with Crippen LogP contribution in [0, 0.1) is 6.92 Å². The number of rotatable bonds is 6. The first-order valence-corrected chi connectivity index (χ1v) is 13.0. The van der Waals surface area contributed by atoms with E-state index in [1.165, 1.54) is 5.56 Å². The molecule has 0 heterocycles. The summed E-state index contributed by atoms with van der Waals surface area (Å²) in [7, 11) is -1.64. The molecular weight excluding hydrogens is 380 g/mol. The van der Waals surface area contributed by atoms with Crippen LogP contribution in [-0.2, 0) is 17.6 Å². The molecule has 5 heteroatoms. The van der Waals surface area contributed by atoms with E-state index in [1.54, 1.807) is 6.07 Å². The van der Waals surface area contributed by atoms with Gasteiger partial charge in [0.25, 0.3) is 0 Å². The third-order valence-electron chi connectivity index (χ3n) is 4.92. The Bertz CT molecular complexity index is 906. The van der Waals surface area contributed by atoms with Gasteiger partial charge in [0, 0.05) is 0 Å². The van der Waals surface area contributed by atoms with Crippen molar-refractivity contribution in [3.05, 3.63) is 63.7 Å². The molecule has 2 aromatic carbocycles. The van der Waals surface area contributed by atoms with Gasteiger partial charge >= 0.3 is 11.9 Å². The maximum absolute atomic E-state index is 13.2. The Hall–Kier alpha value is -2.40. The molecule has 0 aliphatic carbocycles. The predicted octanol–water partition coefficient (Wildman–Crippen LogP) is 4.50. The molecule has 0 saturated heterocycles. The summed E-state index contributed by atoms with van der Waals surface area (Å²) in [5.41, 5.74) is 4.06. The first-order chi connectivity index (χ1) is 13.4. The number of benzene rings is 2. The minimum Gasteiger partial charge on any atom is -0.478 e. The second-order valence-electron chi connectivity index (χ2n) is 8.82. The Balaban J connectivity index is 2.71. The SMILES string of the molecule is CCc1ccc(Cc2c(C)cc(C(=O)O)c([SiH](C)C)c2C(=O)OC(C)(C)C)cc1. The van der Waals surface area contributed by atoms with Crippen molar-refractivity contribution >= 4 is 25.9 Å². The van der Waals surface area contributed by atoms with Crippen molar-refractivity contribution in [3.63, 3.8) is 0 Å². The summed E-state index contributed by atoms with van der Waals surface area (Å²) >= 11 is 0. The van der Waals surface area contributed by atoms with Crippen LogP contribution in [0.1, 0.15) is 70.7 Å². The minimum atomic E-state index is -1.64. The molecule has 0 fully saturated rings. The van der Waals surface area contributed by atoms with E-state index >= 15 is 0 Å². The van der Waals surface area contributed by atoms with Gasteiger partial charge in [-0.3, -0.25) is 0 Å². The lowest BCUT2D eigenvalue weighted by molar-refractivity contribution is 0.00698. The van der Waals surface area contributed by atoms with Gasteiger partial charge in [0.15, 0.2) is 0 Å². The summed E-state index contributed by atoms with van der Waals surface area (Å²) in [5.74, 6) is -1.42. The van der Waals surface area contributed by atoms with E-state index in [2.05, 4.69) is 31.2 Å². The Morgan fingerprint density at radius 1 is 1.07 bits per heavy atom. The largest absolute Gasteiger partial charge is 0.478 e. The van der Waals surface area contributed by atoms with Crippen molar-refractivity contribution in [2.45, 2.75) is 66.2 Å². The average Bonchev–Trinajstić information content (AvgIpc) is 2.61. The lowest BCUT2D eigenvalue weighted by Gasteiger charge is -2.25. The van der Waals surface area contributed by atoms with Crippen LogP contribution in [0.25, 0.3) is 0 Å². The molecule has 0 unspecified atom stereocenters. The van der Waals surface area contributed by atoms with Crippen LogP contribution in [0.4, 0.5) is 0 Å². The third-order valence-corrected chi connectivity index (χ3v) is 6.68. The van der Waals surface area contributed by atoms with Crippen molar-refractivity contribution in [2.24, 2.45) is 0 Å². The molecule has 4 nitrogen and oxygen atoms in total. The molecule has 0 spiro atoms. The van der Waals surface area contributed by atoms with Crippen LogP contribution in [0.15, 0.2) is 30.3 Å². The molecular formula is C24H32O4Si. The Labute approximate surface area is 175 Å². The van der Waals surface area contributed by atoms with Gasteiger partial charge in [0.1, 0.15) is 5.60 Å². The highest BCUT2D eigenvalue weighted by Gasteiger charge is 2.29. The summed E-state index contributed by atoms with van der Waals surface area (Å²) in [4.78, 5) is 25.2. The van der Waals surface area contributed by atoms with Crippen LogP contribution in [0.3, 0.4) is 0 Å². The van der Waals surface area contributed by atoms with Gasteiger partial charge in [-0.2, -0.15) is 0 Å². The topological polar surface area (TPSA) is 63.6 Å². The van der Waals surface area contributed by atoms with E-state index in [-0.39, 0.29) is 5.56 Å². The number of carbonyl (C=O) groups excluding carboxylic acids is 1. The first-order valence-electron chi connectivity index (χ1n) is 10.1. The standard InChI is InChI=1S/C24H32O4Si/c1-8-16-9-11-17(12-10-16)14-18-15(2)13-19(22(25)26)21(29(6)7)20(18)23(27)28-24(3,4)5/h9-13,29H,8,14H2,1-7H3,(H,25,26). The Kier molecular flexibility index (Phi) is 7.06. The van der Waals surface area contributed by atoms with Crippen molar-refractivity contribution in [2.75, 3.05) is 0 Å². The van der Waals surface area contributed by atoms with Crippen LogP contribution in [0.2, 0.25) is 13.1 Å². The number of hydrogen-bond acceptors (Lipinski definition) is 3. The highest BCUT2D eigenvalue weighted by atomic mass is 28.3. The number of carboxylic acids is 1. The van der Waals surface area contributed by atoms with Gasteiger partial charge in [-0.05, 0) is 74.0 Å². The average molecular weight is 413 g/mol. The maximum Gasteiger partial charge on any atom is 0.338 e. The zero-order chi connectivity index (χ0) is 21.9.